The molecule has 0 amide bonds. The summed E-state index contributed by atoms with van der Waals surface area (Å²) in [5.41, 5.74) is 0. The molecule has 0 aromatic carbocycles. The van der Waals surface area contributed by atoms with E-state index < -0.39 is 0 Å². The summed E-state index contributed by atoms with van der Waals surface area (Å²) in [5.74, 6) is 5.48. The minimum absolute atomic E-state index is 0.864. The van der Waals surface area contributed by atoms with Crippen LogP contribution >= 0.6 is 0 Å². The third-order valence-corrected chi connectivity index (χ3v) is 7.24. The van der Waals surface area contributed by atoms with E-state index in [-0.39, 0.29) is 0 Å². The fourth-order valence-electron chi connectivity index (χ4n) is 6.38. The molecule has 2 bridgehead atoms. The molecule has 0 heterocycles. The van der Waals surface area contributed by atoms with Gasteiger partial charge in [-0.1, -0.05) is 32.6 Å². The van der Waals surface area contributed by atoms with E-state index in [1.165, 1.54) is 44.9 Å². The van der Waals surface area contributed by atoms with Crippen molar-refractivity contribution in [1.29, 1.82) is 0 Å². The Kier molecular flexibility index (Phi) is 3.38. The number of fused-ring (bicyclic) bond motifs is 5. The third-order valence-electron chi connectivity index (χ3n) is 7.24. The highest BCUT2D eigenvalue weighted by atomic mass is 15.0. The molecule has 7 atom stereocenters. The van der Waals surface area contributed by atoms with E-state index in [4.69, 9.17) is 0 Å². The Balaban J connectivity index is 1.37. The van der Waals surface area contributed by atoms with Crippen LogP contribution in [0.25, 0.3) is 0 Å². The fourth-order valence-corrected chi connectivity index (χ4v) is 6.38. The van der Waals surface area contributed by atoms with E-state index in [1.807, 2.05) is 0 Å². The van der Waals surface area contributed by atoms with E-state index in [2.05, 4.69) is 12.2 Å². The molecule has 0 aromatic rings. The zero-order valence-corrected chi connectivity index (χ0v) is 12.6. The first-order chi connectivity index (χ1) is 9.35. The zero-order valence-electron chi connectivity index (χ0n) is 12.6. The SMILES string of the molecule is CCC1CCCC(NC2CC3CC2C2CCCC32)C1. The molecule has 1 N–H and O–H groups in total. The van der Waals surface area contributed by atoms with Gasteiger partial charge in [0.2, 0.25) is 0 Å². The van der Waals surface area contributed by atoms with E-state index >= 15 is 0 Å². The van der Waals surface area contributed by atoms with Crippen molar-refractivity contribution in [3.63, 3.8) is 0 Å². The number of hydrogen-bond donors (Lipinski definition) is 1. The van der Waals surface area contributed by atoms with Crippen LogP contribution in [0.4, 0.5) is 0 Å². The lowest BCUT2D eigenvalue weighted by molar-refractivity contribution is 0.176. The van der Waals surface area contributed by atoms with E-state index in [1.54, 1.807) is 19.3 Å². The molecule has 108 valence electrons. The lowest BCUT2D eigenvalue weighted by Crippen LogP contribution is -2.46. The second-order valence-corrected chi connectivity index (χ2v) is 8.06. The number of nitrogens with one attached hydrogen (secondary N) is 1. The molecule has 4 fully saturated rings. The van der Waals surface area contributed by atoms with Crippen molar-refractivity contribution < 1.29 is 0 Å². The van der Waals surface area contributed by atoms with Crippen molar-refractivity contribution >= 4 is 0 Å². The smallest absolute Gasteiger partial charge is 0.0103 e. The van der Waals surface area contributed by atoms with Gasteiger partial charge in [-0.25, -0.2) is 0 Å². The highest BCUT2D eigenvalue weighted by Gasteiger charge is 2.53. The minimum atomic E-state index is 0.864. The van der Waals surface area contributed by atoms with Gasteiger partial charge in [-0.3, -0.25) is 0 Å². The molecule has 4 aliphatic carbocycles. The van der Waals surface area contributed by atoms with Crippen molar-refractivity contribution in [1.82, 2.24) is 5.32 Å². The van der Waals surface area contributed by atoms with Gasteiger partial charge in [-0.15, -0.1) is 0 Å². The van der Waals surface area contributed by atoms with Crippen LogP contribution in [0, 0.1) is 29.6 Å². The lowest BCUT2D eigenvalue weighted by Gasteiger charge is -2.37. The van der Waals surface area contributed by atoms with Gasteiger partial charge in [-0.2, -0.15) is 0 Å². The van der Waals surface area contributed by atoms with Crippen LogP contribution in [0.5, 0.6) is 0 Å². The molecule has 1 heteroatoms. The van der Waals surface area contributed by atoms with Crippen LogP contribution in [0.1, 0.15) is 71.1 Å². The van der Waals surface area contributed by atoms with E-state index in [0.29, 0.717) is 0 Å². The largest absolute Gasteiger partial charge is 0.311 e. The zero-order chi connectivity index (χ0) is 12.8. The highest BCUT2D eigenvalue weighted by molar-refractivity contribution is 5.06. The van der Waals surface area contributed by atoms with E-state index in [9.17, 15) is 0 Å². The normalized spacial score (nSPS) is 52.6. The molecule has 0 radical (unpaired) electrons. The summed E-state index contributed by atoms with van der Waals surface area (Å²) < 4.78 is 0. The number of hydrogen-bond acceptors (Lipinski definition) is 1. The first kappa shape index (κ1) is 12.7. The molecule has 0 aliphatic heterocycles. The van der Waals surface area contributed by atoms with Crippen LogP contribution < -0.4 is 5.32 Å². The summed E-state index contributed by atoms with van der Waals surface area (Å²) in [7, 11) is 0. The Morgan fingerprint density at radius 2 is 1.68 bits per heavy atom. The Bertz CT molecular complexity index is 326. The quantitative estimate of drug-likeness (QED) is 0.795. The average molecular weight is 261 g/mol. The van der Waals surface area contributed by atoms with Crippen LogP contribution in [0.3, 0.4) is 0 Å². The summed E-state index contributed by atoms with van der Waals surface area (Å²) in [6, 6.07) is 1.77. The average Bonchev–Trinajstić information content (AvgIpc) is 3.10. The monoisotopic (exact) mass is 261 g/mol. The molecule has 4 aliphatic rings. The molecule has 0 aromatic heterocycles. The predicted molar refractivity (Wildman–Crippen MR) is 80.0 cm³/mol. The van der Waals surface area contributed by atoms with Crippen LogP contribution in [0.15, 0.2) is 0 Å². The van der Waals surface area contributed by atoms with Crippen LogP contribution in [-0.2, 0) is 0 Å². The first-order valence-corrected chi connectivity index (χ1v) is 9.11. The van der Waals surface area contributed by atoms with Gasteiger partial charge in [-0.05, 0) is 68.1 Å². The molecular formula is C18H31N. The molecule has 1 nitrogen and oxygen atoms in total. The standard InChI is InChI=1S/C18H31N/c1-2-12-5-3-6-14(9-12)19-18-11-13-10-17(18)16-8-4-7-15(13)16/h12-19H,2-11H2,1H3. The molecule has 4 rings (SSSR count). The number of rotatable bonds is 3. The summed E-state index contributed by atoms with van der Waals surface area (Å²) >= 11 is 0. The van der Waals surface area contributed by atoms with Crippen molar-refractivity contribution in [3.05, 3.63) is 0 Å². The molecule has 7 unspecified atom stereocenters. The highest BCUT2D eigenvalue weighted by Crippen LogP contribution is 2.58. The summed E-state index contributed by atoms with van der Waals surface area (Å²) in [5, 5.41) is 4.13. The Morgan fingerprint density at radius 1 is 0.842 bits per heavy atom. The molecule has 0 spiro atoms. The lowest BCUT2D eigenvalue weighted by atomic mass is 9.78. The van der Waals surface area contributed by atoms with Gasteiger partial charge in [0.1, 0.15) is 0 Å². The second kappa shape index (κ2) is 5.06. The van der Waals surface area contributed by atoms with Crippen molar-refractivity contribution in [2.45, 2.75) is 83.2 Å². The maximum atomic E-state index is 4.13. The Morgan fingerprint density at radius 3 is 2.58 bits per heavy atom. The topological polar surface area (TPSA) is 12.0 Å². The third kappa shape index (κ3) is 2.17. The van der Waals surface area contributed by atoms with Gasteiger partial charge in [0.05, 0.1) is 0 Å². The van der Waals surface area contributed by atoms with Crippen LogP contribution in [0.2, 0.25) is 0 Å². The molecule has 19 heavy (non-hydrogen) atoms. The van der Waals surface area contributed by atoms with Gasteiger partial charge < -0.3 is 5.32 Å². The summed E-state index contributed by atoms with van der Waals surface area (Å²) in [4.78, 5) is 0. The Hall–Kier alpha value is -0.0400. The molecule has 0 saturated heterocycles. The summed E-state index contributed by atoms with van der Waals surface area (Å²) in [6.07, 6.45) is 15.1. The van der Waals surface area contributed by atoms with Crippen molar-refractivity contribution in [2.75, 3.05) is 0 Å². The van der Waals surface area contributed by atoms with Gasteiger partial charge in [0.25, 0.3) is 0 Å². The molecular weight excluding hydrogens is 230 g/mol. The summed E-state index contributed by atoms with van der Waals surface area (Å²) in [6.45, 7) is 2.38. The van der Waals surface area contributed by atoms with Gasteiger partial charge in [0.15, 0.2) is 0 Å². The first-order valence-electron chi connectivity index (χ1n) is 9.11. The fraction of sp³-hybridized carbons (Fsp3) is 1.00. The van der Waals surface area contributed by atoms with Crippen molar-refractivity contribution in [3.8, 4) is 0 Å². The van der Waals surface area contributed by atoms with Gasteiger partial charge in [0, 0.05) is 12.1 Å². The minimum Gasteiger partial charge on any atom is -0.311 e. The Labute approximate surface area is 118 Å². The van der Waals surface area contributed by atoms with Crippen molar-refractivity contribution in [2.24, 2.45) is 29.6 Å². The van der Waals surface area contributed by atoms with E-state index in [0.717, 1.165) is 41.7 Å². The second-order valence-electron chi connectivity index (χ2n) is 8.06. The molecule has 4 saturated carbocycles. The predicted octanol–water partition coefficient (Wildman–Crippen LogP) is 4.37. The van der Waals surface area contributed by atoms with Crippen LogP contribution in [-0.4, -0.2) is 12.1 Å². The van der Waals surface area contributed by atoms with Gasteiger partial charge >= 0.3 is 0 Å². The maximum Gasteiger partial charge on any atom is 0.0103 e. The maximum absolute atomic E-state index is 4.13.